The molecule has 1 amide bonds. The Morgan fingerprint density at radius 2 is 1.64 bits per heavy atom. The van der Waals surface area contributed by atoms with E-state index in [9.17, 15) is 4.79 Å². The van der Waals surface area contributed by atoms with E-state index in [-0.39, 0.29) is 28.8 Å². The Hall–Kier alpha value is -4.04. The number of hydrogen-bond acceptors (Lipinski definition) is 6. The van der Waals surface area contributed by atoms with E-state index >= 15 is 0 Å². The molecule has 0 aliphatic carbocycles. The normalized spacial score (nSPS) is 17.2. The Labute approximate surface area is 333 Å². The SMILES string of the molecule is CCN1/C(=C/C=C(C#CCCC(=O)NCCCOP(OCCC#N)N(C(C)C)C(C)C)/C=C/C2=[N+](CC)c3ccccc3C2(C)C)C(C)(C)c2ccccc21. The van der Waals surface area contributed by atoms with Crippen molar-refractivity contribution in [3.63, 3.8) is 0 Å². The molecule has 0 spiro atoms. The Balaban J connectivity index is 1.46. The van der Waals surface area contributed by atoms with Gasteiger partial charge in [-0.1, -0.05) is 62.1 Å². The number of carbonyl (C=O) groups is 1. The first kappa shape index (κ1) is 43.7. The number of allylic oxidation sites excluding steroid dienone is 6. The number of para-hydroxylation sites is 2. The number of anilines is 1. The lowest BCUT2D eigenvalue weighted by Gasteiger charge is -2.35. The van der Waals surface area contributed by atoms with Gasteiger partial charge in [-0.05, 0) is 91.7 Å². The summed E-state index contributed by atoms with van der Waals surface area (Å²) < 4.78 is 16.7. The Morgan fingerprint density at radius 1 is 0.964 bits per heavy atom. The van der Waals surface area contributed by atoms with Gasteiger partial charge in [0.1, 0.15) is 6.54 Å². The Bertz CT molecular complexity index is 1860. The maximum Gasteiger partial charge on any atom is 0.259 e. The van der Waals surface area contributed by atoms with Crippen LogP contribution in [0.1, 0.15) is 106 Å². The maximum atomic E-state index is 12.8. The Morgan fingerprint density at radius 3 is 2.31 bits per heavy atom. The van der Waals surface area contributed by atoms with Crippen LogP contribution in [0.15, 0.2) is 84.1 Å². The molecule has 1 unspecified atom stereocenters. The largest absolute Gasteiger partial charge is 0.356 e. The fraction of sp³-hybridized carbons (Fsp3) is 0.500. The van der Waals surface area contributed by atoms with Crippen molar-refractivity contribution in [2.75, 3.05) is 37.7 Å². The minimum Gasteiger partial charge on any atom is -0.356 e. The van der Waals surface area contributed by atoms with Gasteiger partial charge < -0.3 is 19.3 Å². The van der Waals surface area contributed by atoms with Gasteiger partial charge >= 0.3 is 0 Å². The van der Waals surface area contributed by atoms with E-state index < -0.39 is 8.53 Å². The molecule has 2 aromatic carbocycles. The molecule has 8 nitrogen and oxygen atoms in total. The summed E-state index contributed by atoms with van der Waals surface area (Å²) in [6.07, 6.45) is 10.5. The summed E-state index contributed by atoms with van der Waals surface area (Å²) >= 11 is 0. The summed E-state index contributed by atoms with van der Waals surface area (Å²) in [5.41, 5.74) is 8.26. The summed E-state index contributed by atoms with van der Waals surface area (Å²) in [7, 11) is -1.29. The van der Waals surface area contributed by atoms with Gasteiger partial charge in [-0.15, -0.1) is 0 Å². The van der Waals surface area contributed by atoms with E-state index in [4.69, 9.17) is 14.3 Å². The number of carbonyl (C=O) groups excluding carboxylic acids is 1. The van der Waals surface area contributed by atoms with Gasteiger partial charge in [-0.2, -0.15) is 9.84 Å². The number of fused-ring (bicyclic) bond motifs is 2. The van der Waals surface area contributed by atoms with Crippen molar-refractivity contribution in [3.8, 4) is 17.9 Å². The van der Waals surface area contributed by atoms with E-state index in [0.29, 0.717) is 45.4 Å². The van der Waals surface area contributed by atoms with Crippen molar-refractivity contribution in [1.82, 2.24) is 9.99 Å². The summed E-state index contributed by atoms with van der Waals surface area (Å²) in [5, 5.41) is 12.0. The molecular formula is C46H63N5O3P+. The zero-order valence-corrected chi connectivity index (χ0v) is 35.8. The zero-order chi connectivity index (χ0) is 40.2. The van der Waals surface area contributed by atoms with Crippen LogP contribution in [0.5, 0.6) is 0 Å². The highest BCUT2D eigenvalue weighted by molar-refractivity contribution is 7.44. The quantitative estimate of drug-likeness (QED) is 0.0536. The van der Waals surface area contributed by atoms with Crippen molar-refractivity contribution in [2.24, 2.45) is 0 Å². The van der Waals surface area contributed by atoms with E-state index in [2.05, 4.69) is 179 Å². The lowest BCUT2D eigenvalue weighted by atomic mass is 9.81. The first-order chi connectivity index (χ1) is 26.3. The van der Waals surface area contributed by atoms with E-state index in [1.54, 1.807) is 0 Å². The highest BCUT2D eigenvalue weighted by atomic mass is 31.2. The molecule has 2 aromatic rings. The lowest BCUT2D eigenvalue weighted by molar-refractivity contribution is -0.433. The molecule has 55 heavy (non-hydrogen) atoms. The number of rotatable bonds is 18. The van der Waals surface area contributed by atoms with Gasteiger partial charge in [0.15, 0.2) is 5.71 Å². The van der Waals surface area contributed by atoms with Crippen LogP contribution in [0.25, 0.3) is 0 Å². The minimum atomic E-state index is -1.29. The van der Waals surface area contributed by atoms with Crippen LogP contribution in [-0.4, -0.2) is 65.8 Å². The number of nitriles is 1. The Kier molecular flexibility index (Phi) is 16.1. The second-order valence-electron chi connectivity index (χ2n) is 15.6. The molecule has 0 aromatic heterocycles. The molecule has 0 radical (unpaired) electrons. The lowest BCUT2D eigenvalue weighted by Crippen LogP contribution is -2.34. The van der Waals surface area contributed by atoms with Gasteiger partial charge in [-0.25, -0.2) is 4.67 Å². The van der Waals surface area contributed by atoms with Crippen molar-refractivity contribution < 1.29 is 18.4 Å². The third-order valence-electron chi connectivity index (χ3n) is 10.3. The third-order valence-corrected chi connectivity index (χ3v) is 12.4. The van der Waals surface area contributed by atoms with Crippen LogP contribution in [0.4, 0.5) is 11.4 Å². The van der Waals surface area contributed by atoms with Gasteiger partial charge in [-0.3, -0.25) is 4.79 Å². The van der Waals surface area contributed by atoms with E-state index in [1.165, 1.54) is 33.9 Å². The smallest absolute Gasteiger partial charge is 0.259 e. The highest BCUT2D eigenvalue weighted by Gasteiger charge is 2.43. The molecule has 0 bridgehead atoms. The molecule has 9 heteroatoms. The molecule has 2 aliphatic heterocycles. The fourth-order valence-electron chi connectivity index (χ4n) is 7.62. The number of nitrogens with one attached hydrogen (secondary N) is 1. The van der Waals surface area contributed by atoms with Crippen molar-refractivity contribution in [1.29, 1.82) is 5.26 Å². The minimum absolute atomic E-state index is 0.0281. The van der Waals surface area contributed by atoms with Gasteiger partial charge in [0, 0.05) is 78.1 Å². The van der Waals surface area contributed by atoms with Crippen LogP contribution in [0, 0.1) is 23.2 Å². The van der Waals surface area contributed by atoms with E-state index in [1.807, 2.05) is 0 Å². The van der Waals surface area contributed by atoms with E-state index in [0.717, 1.165) is 18.7 Å². The molecule has 2 heterocycles. The molecule has 2 aliphatic rings. The van der Waals surface area contributed by atoms with Crippen LogP contribution in [0.2, 0.25) is 0 Å². The number of likely N-dealkylation sites (N-methyl/N-ethyl adjacent to an activating group) is 1. The summed E-state index contributed by atoms with van der Waals surface area (Å²) in [6, 6.07) is 19.9. The fourth-order valence-corrected chi connectivity index (χ4v) is 9.25. The molecule has 1 N–H and O–H groups in total. The number of hydrogen-bond donors (Lipinski definition) is 1. The predicted molar refractivity (Wildman–Crippen MR) is 229 cm³/mol. The average Bonchev–Trinajstić information content (AvgIpc) is 3.51. The number of benzene rings is 2. The van der Waals surface area contributed by atoms with Gasteiger partial charge in [0.25, 0.3) is 8.53 Å². The molecule has 0 saturated carbocycles. The topological polar surface area (TPSA) is 80.8 Å². The summed E-state index contributed by atoms with van der Waals surface area (Å²) in [5.74, 6) is 6.69. The molecule has 294 valence electrons. The van der Waals surface area contributed by atoms with Crippen molar-refractivity contribution >= 4 is 31.5 Å². The van der Waals surface area contributed by atoms with Crippen molar-refractivity contribution in [3.05, 3.63) is 95.2 Å². The van der Waals surface area contributed by atoms with Crippen LogP contribution in [-0.2, 0) is 24.7 Å². The van der Waals surface area contributed by atoms with Crippen LogP contribution < -0.4 is 10.2 Å². The average molecular weight is 765 g/mol. The van der Waals surface area contributed by atoms with Crippen LogP contribution >= 0.6 is 8.53 Å². The monoisotopic (exact) mass is 764 g/mol. The maximum absolute atomic E-state index is 12.8. The molecule has 4 rings (SSSR count). The predicted octanol–water partition coefficient (Wildman–Crippen LogP) is 9.85. The summed E-state index contributed by atoms with van der Waals surface area (Å²) in [4.78, 5) is 15.2. The second kappa shape index (κ2) is 20.2. The zero-order valence-electron chi connectivity index (χ0n) is 34.9. The van der Waals surface area contributed by atoms with Gasteiger partial charge in [0.2, 0.25) is 11.6 Å². The molecule has 0 fully saturated rings. The molecular weight excluding hydrogens is 702 g/mol. The highest BCUT2D eigenvalue weighted by Crippen LogP contribution is 2.48. The third kappa shape index (κ3) is 10.6. The summed E-state index contributed by atoms with van der Waals surface area (Å²) in [6.45, 7) is 25.1. The van der Waals surface area contributed by atoms with Crippen molar-refractivity contribution in [2.45, 2.75) is 118 Å². The first-order valence-electron chi connectivity index (χ1n) is 20.0. The number of amides is 1. The van der Waals surface area contributed by atoms with Crippen LogP contribution in [0.3, 0.4) is 0 Å². The second-order valence-corrected chi connectivity index (χ2v) is 17.0. The first-order valence-corrected chi connectivity index (χ1v) is 21.1. The number of nitrogens with zero attached hydrogens (tertiary/aromatic N) is 4. The molecule has 1 atom stereocenters. The standard InChI is InChI=1S/C46H62N5O3P/c1-11-49-40-24-16-14-22-38(40)45(7,8)42(49)29-27-37(28-30-43-46(9,10)39-23-15-17-25-41(39)50(43)12-2)21-13-18-26-44(52)48-32-20-34-54-55(53-33-19-31-47)51(35(3)4)36(5)6/h14-17,22-25,27-30,35-36H,11-12,18-20,26,32-34H2,1-10H3/p+1. The van der Waals surface area contributed by atoms with Gasteiger partial charge in [0.05, 0.1) is 31.1 Å². The molecule has 0 saturated heterocycles.